The molecule has 0 aromatic heterocycles. The van der Waals surface area contributed by atoms with Crippen molar-refractivity contribution in [2.75, 3.05) is 19.6 Å². The Balaban J connectivity index is 1.97. The van der Waals surface area contributed by atoms with Crippen LogP contribution in [-0.2, 0) is 0 Å². The van der Waals surface area contributed by atoms with E-state index in [0.717, 1.165) is 37.1 Å². The highest BCUT2D eigenvalue weighted by Crippen LogP contribution is 2.27. The summed E-state index contributed by atoms with van der Waals surface area (Å²) in [6.07, 6.45) is 6.70. The minimum Gasteiger partial charge on any atom is -0.310 e. The molecule has 0 amide bonds. The van der Waals surface area contributed by atoms with Gasteiger partial charge in [0.1, 0.15) is 0 Å². The Morgan fingerprint density at radius 3 is 2.57 bits per heavy atom. The van der Waals surface area contributed by atoms with Crippen molar-refractivity contribution in [2.45, 2.75) is 58.0 Å². The van der Waals surface area contributed by atoms with Crippen molar-refractivity contribution < 1.29 is 0 Å². The summed E-state index contributed by atoms with van der Waals surface area (Å²) in [5.41, 5.74) is 1.24. The number of hydrogen-bond acceptors (Lipinski definition) is 2. The zero-order chi connectivity index (χ0) is 15.1. The van der Waals surface area contributed by atoms with Crippen molar-refractivity contribution in [2.24, 2.45) is 0 Å². The van der Waals surface area contributed by atoms with Gasteiger partial charge in [-0.2, -0.15) is 0 Å². The zero-order valence-corrected chi connectivity index (χ0v) is 14.2. The van der Waals surface area contributed by atoms with E-state index in [-0.39, 0.29) is 0 Å². The van der Waals surface area contributed by atoms with E-state index in [1.807, 2.05) is 12.1 Å². The molecule has 1 N–H and O–H groups in total. The first-order valence-corrected chi connectivity index (χ1v) is 8.85. The van der Waals surface area contributed by atoms with Crippen LogP contribution in [0.1, 0.15) is 57.6 Å². The van der Waals surface area contributed by atoms with Crippen molar-refractivity contribution in [1.82, 2.24) is 10.2 Å². The smallest absolute Gasteiger partial charge is 0.0453 e. The van der Waals surface area contributed by atoms with Crippen LogP contribution in [0.25, 0.3) is 0 Å². The topological polar surface area (TPSA) is 15.3 Å². The molecule has 2 nitrogen and oxygen atoms in total. The van der Waals surface area contributed by atoms with Crippen LogP contribution < -0.4 is 5.32 Å². The molecule has 0 saturated heterocycles. The van der Waals surface area contributed by atoms with Gasteiger partial charge in [0.15, 0.2) is 0 Å². The Hall–Kier alpha value is -0.570. The first kappa shape index (κ1) is 16.8. The molecule has 118 valence electrons. The second-order valence-corrected chi connectivity index (χ2v) is 6.39. The fourth-order valence-corrected chi connectivity index (χ4v) is 3.80. The zero-order valence-electron chi connectivity index (χ0n) is 13.4. The molecule has 1 aromatic carbocycles. The summed E-state index contributed by atoms with van der Waals surface area (Å²) in [7, 11) is 0. The number of benzene rings is 1. The minimum absolute atomic E-state index is 0.360. The Morgan fingerprint density at radius 2 is 1.95 bits per heavy atom. The van der Waals surface area contributed by atoms with Crippen molar-refractivity contribution >= 4 is 11.6 Å². The summed E-state index contributed by atoms with van der Waals surface area (Å²) in [5.74, 6) is 0. The molecular formula is C18H29ClN2. The van der Waals surface area contributed by atoms with Crippen LogP contribution in [0.5, 0.6) is 0 Å². The summed E-state index contributed by atoms with van der Waals surface area (Å²) in [6.45, 7) is 7.75. The van der Waals surface area contributed by atoms with Crippen molar-refractivity contribution in [1.29, 1.82) is 0 Å². The summed E-state index contributed by atoms with van der Waals surface area (Å²) in [6, 6.07) is 9.41. The number of hydrogen-bond donors (Lipinski definition) is 1. The van der Waals surface area contributed by atoms with E-state index in [1.165, 1.54) is 31.2 Å². The summed E-state index contributed by atoms with van der Waals surface area (Å²) < 4.78 is 0. The fourth-order valence-electron chi connectivity index (χ4n) is 3.53. The molecule has 1 fully saturated rings. The molecule has 1 unspecified atom stereocenters. The number of rotatable bonds is 8. The first-order valence-electron chi connectivity index (χ1n) is 8.48. The maximum atomic E-state index is 6.38. The van der Waals surface area contributed by atoms with Gasteiger partial charge >= 0.3 is 0 Å². The maximum absolute atomic E-state index is 6.38. The van der Waals surface area contributed by atoms with Crippen LogP contribution in [0.2, 0.25) is 5.02 Å². The summed E-state index contributed by atoms with van der Waals surface area (Å²) in [5, 5.41) is 4.48. The predicted molar refractivity (Wildman–Crippen MR) is 92.0 cm³/mol. The van der Waals surface area contributed by atoms with Crippen LogP contribution in [0.3, 0.4) is 0 Å². The number of halogens is 1. The fraction of sp³-hybridized carbons (Fsp3) is 0.667. The molecule has 0 spiro atoms. The van der Waals surface area contributed by atoms with E-state index < -0.39 is 0 Å². The lowest BCUT2D eigenvalue weighted by Crippen LogP contribution is -2.36. The van der Waals surface area contributed by atoms with Gasteiger partial charge in [0, 0.05) is 23.7 Å². The van der Waals surface area contributed by atoms with Gasteiger partial charge in [-0.1, -0.05) is 56.5 Å². The standard InChI is InChI=1S/C18H29ClN2/c1-3-20-18(16-11-7-8-12-17(16)19)13-14-21(4-2)15-9-5-6-10-15/h7-8,11-12,15,18,20H,3-6,9-10,13-14H2,1-2H3. The van der Waals surface area contributed by atoms with E-state index in [4.69, 9.17) is 11.6 Å². The average Bonchev–Trinajstić information content (AvgIpc) is 3.02. The normalized spacial score (nSPS) is 17.5. The van der Waals surface area contributed by atoms with E-state index in [0.29, 0.717) is 6.04 Å². The monoisotopic (exact) mass is 308 g/mol. The third kappa shape index (κ3) is 4.70. The lowest BCUT2D eigenvalue weighted by atomic mass is 10.0. The van der Waals surface area contributed by atoms with Crippen molar-refractivity contribution in [3.8, 4) is 0 Å². The van der Waals surface area contributed by atoms with E-state index in [9.17, 15) is 0 Å². The highest BCUT2D eigenvalue weighted by molar-refractivity contribution is 6.31. The third-order valence-corrected chi connectivity index (χ3v) is 5.03. The molecule has 0 heterocycles. The molecule has 1 aliphatic carbocycles. The molecule has 2 rings (SSSR count). The van der Waals surface area contributed by atoms with Gasteiger partial charge in [0.25, 0.3) is 0 Å². The lowest BCUT2D eigenvalue weighted by Gasteiger charge is -2.30. The molecule has 1 aromatic rings. The molecule has 0 aliphatic heterocycles. The van der Waals surface area contributed by atoms with Crippen molar-refractivity contribution in [3.05, 3.63) is 34.9 Å². The van der Waals surface area contributed by atoms with Gasteiger partial charge in [0.05, 0.1) is 0 Å². The first-order chi connectivity index (χ1) is 10.3. The Morgan fingerprint density at radius 1 is 1.24 bits per heavy atom. The Labute approximate surface area is 134 Å². The molecule has 3 heteroatoms. The number of nitrogens with one attached hydrogen (secondary N) is 1. The molecule has 0 bridgehead atoms. The van der Waals surface area contributed by atoms with Gasteiger partial charge in [0.2, 0.25) is 0 Å². The minimum atomic E-state index is 0.360. The van der Waals surface area contributed by atoms with Crippen LogP contribution in [0.4, 0.5) is 0 Å². The highest BCUT2D eigenvalue weighted by Gasteiger charge is 2.22. The van der Waals surface area contributed by atoms with Gasteiger partial charge in [-0.3, -0.25) is 0 Å². The SMILES string of the molecule is CCNC(CCN(CC)C1CCCC1)c1ccccc1Cl. The van der Waals surface area contributed by atoms with E-state index >= 15 is 0 Å². The Kier molecular flexibility index (Phi) is 7.01. The van der Waals surface area contributed by atoms with E-state index in [2.05, 4.69) is 36.2 Å². The van der Waals surface area contributed by atoms with Gasteiger partial charge in [-0.15, -0.1) is 0 Å². The average molecular weight is 309 g/mol. The van der Waals surface area contributed by atoms with Crippen LogP contribution in [0, 0.1) is 0 Å². The summed E-state index contributed by atoms with van der Waals surface area (Å²) >= 11 is 6.38. The second-order valence-electron chi connectivity index (χ2n) is 5.99. The van der Waals surface area contributed by atoms with Gasteiger partial charge in [-0.25, -0.2) is 0 Å². The molecule has 1 saturated carbocycles. The van der Waals surface area contributed by atoms with E-state index in [1.54, 1.807) is 0 Å². The quantitative estimate of drug-likeness (QED) is 0.752. The summed E-state index contributed by atoms with van der Waals surface area (Å²) in [4.78, 5) is 2.66. The predicted octanol–water partition coefficient (Wildman–Crippen LogP) is 4.65. The Bertz CT molecular complexity index is 415. The number of nitrogens with zero attached hydrogens (tertiary/aromatic N) is 1. The lowest BCUT2D eigenvalue weighted by molar-refractivity contribution is 0.198. The van der Waals surface area contributed by atoms with Gasteiger partial charge in [-0.05, 0) is 44.0 Å². The molecular weight excluding hydrogens is 280 g/mol. The van der Waals surface area contributed by atoms with Crippen LogP contribution in [0.15, 0.2) is 24.3 Å². The maximum Gasteiger partial charge on any atom is 0.0453 e. The van der Waals surface area contributed by atoms with Crippen LogP contribution >= 0.6 is 11.6 Å². The largest absolute Gasteiger partial charge is 0.310 e. The molecule has 1 aliphatic rings. The van der Waals surface area contributed by atoms with Crippen molar-refractivity contribution in [3.63, 3.8) is 0 Å². The molecule has 21 heavy (non-hydrogen) atoms. The second kappa shape index (κ2) is 8.77. The van der Waals surface area contributed by atoms with Gasteiger partial charge < -0.3 is 10.2 Å². The molecule has 0 radical (unpaired) electrons. The highest BCUT2D eigenvalue weighted by atomic mass is 35.5. The van der Waals surface area contributed by atoms with Crippen LogP contribution in [-0.4, -0.2) is 30.6 Å². The third-order valence-electron chi connectivity index (χ3n) is 4.68. The molecule has 1 atom stereocenters.